The molecule has 0 aliphatic heterocycles. The van der Waals surface area contributed by atoms with Gasteiger partial charge in [0, 0.05) is 48.1 Å². The molecule has 1 aromatic heterocycles. The fraction of sp³-hybridized carbons (Fsp3) is 0.511. The Bertz CT molecular complexity index is 1790. The average molecular weight is 841 g/mol. The van der Waals surface area contributed by atoms with Crippen LogP contribution in [-0.4, -0.2) is 15.9 Å². The molecule has 0 fully saturated rings. The monoisotopic (exact) mass is 841 g/mol. The van der Waals surface area contributed by atoms with Gasteiger partial charge < -0.3 is 5.11 Å². The Morgan fingerprint density at radius 3 is 1.78 bits per heavy atom. The molecule has 0 bridgehead atoms. The molecule has 4 rings (SSSR count). The van der Waals surface area contributed by atoms with Crippen molar-refractivity contribution < 1.29 is 30.0 Å². The van der Waals surface area contributed by atoms with Gasteiger partial charge in [-0.25, -0.2) is 0 Å². The summed E-state index contributed by atoms with van der Waals surface area (Å²) < 4.78 is 0. The Morgan fingerprint density at radius 2 is 1.27 bits per heavy atom. The van der Waals surface area contributed by atoms with Gasteiger partial charge in [0.15, 0.2) is 5.78 Å². The van der Waals surface area contributed by atoms with Crippen molar-refractivity contribution >= 4 is 27.5 Å². The van der Waals surface area contributed by atoms with Crippen molar-refractivity contribution in [3.8, 4) is 11.3 Å². The summed E-state index contributed by atoms with van der Waals surface area (Å²) in [6, 6.07) is 21.1. The van der Waals surface area contributed by atoms with Gasteiger partial charge in [0.1, 0.15) is 5.76 Å². The third kappa shape index (κ3) is 8.74. The molecule has 3 nitrogen and oxygen atoms in total. The first-order valence-corrected chi connectivity index (χ1v) is 17.9. The molecule has 0 aliphatic rings. The third-order valence-corrected chi connectivity index (χ3v) is 11.5. The van der Waals surface area contributed by atoms with E-state index in [1.54, 1.807) is 0 Å². The van der Waals surface area contributed by atoms with Crippen LogP contribution in [0.5, 0.6) is 0 Å². The maximum atomic E-state index is 12.8. The Morgan fingerprint density at radius 1 is 0.755 bits per heavy atom. The number of carbonyl (C=O) groups excluding carboxylic acids is 1. The van der Waals surface area contributed by atoms with Crippen molar-refractivity contribution in [3.05, 3.63) is 88.7 Å². The van der Waals surface area contributed by atoms with E-state index in [9.17, 15) is 9.90 Å². The summed E-state index contributed by atoms with van der Waals surface area (Å²) in [6.07, 6.45) is 1.50. The van der Waals surface area contributed by atoms with E-state index in [4.69, 9.17) is 4.98 Å². The number of allylic oxidation sites excluding steroid dienone is 2. The van der Waals surface area contributed by atoms with Crippen molar-refractivity contribution in [1.82, 2.24) is 4.98 Å². The van der Waals surface area contributed by atoms with Crippen LogP contribution < -0.4 is 0 Å². The first-order valence-electron chi connectivity index (χ1n) is 17.9. The summed E-state index contributed by atoms with van der Waals surface area (Å²) in [5, 5.41) is 14.3. The Balaban J connectivity index is 0.000000346. The van der Waals surface area contributed by atoms with Crippen LogP contribution in [0.2, 0.25) is 0 Å². The number of carbonyl (C=O) groups is 1. The van der Waals surface area contributed by atoms with Gasteiger partial charge in [-0.05, 0) is 72.6 Å². The van der Waals surface area contributed by atoms with Gasteiger partial charge in [0.2, 0.25) is 0 Å². The van der Waals surface area contributed by atoms with E-state index in [2.05, 4.69) is 152 Å². The molecule has 4 aromatic rings. The summed E-state index contributed by atoms with van der Waals surface area (Å²) in [4.78, 5) is 17.8. The minimum atomic E-state index is -0.442. The number of pyridine rings is 1. The molecule has 0 spiro atoms. The second-order valence-corrected chi connectivity index (χ2v) is 16.8. The summed E-state index contributed by atoms with van der Waals surface area (Å²) in [5.41, 5.74) is 7.54. The molecule has 269 valence electrons. The van der Waals surface area contributed by atoms with E-state index in [1.165, 1.54) is 39.1 Å². The van der Waals surface area contributed by atoms with Crippen LogP contribution in [-0.2, 0) is 30.3 Å². The van der Waals surface area contributed by atoms with Crippen LogP contribution in [0.15, 0.2) is 60.4 Å². The number of benzene rings is 3. The molecule has 0 aliphatic carbocycles. The van der Waals surface area contributed by atoms with E-state index in [1.807, 2.05) is 13.8 Å². The smallest absolute Gasteiger partial charge is 0.165 e. The van der Waals surface area contributed by atoms with E-state index in [0.29, 0.717) is 0 Å². The summed E-state index contributed by atoms with van der Waals surface area (Å²) in [7, 11) is 0. The second-order valence-electron chi connectivity index (χ2n) is 16.8. The maximum absolute atomic E-state index is 12.8. The molecule has 1 heterocycles. The van der Waals surface area contributed by atoms with Gasteiger partial charge in [0.25, 0.3) is 0 Å². The van der Waals surface area contributed by atoms with Gasteiger partial charge in [-0.2, -0.15) is 0 Å². The molecule has 0 atom stereocenters. The minimum absolute atomic E-state index is 0. The molecule has 0 saturated carbocycles. The molecule has 1 radical (unpaired) electrons. The fourth-order valence-electron chi connectivity index (χ4n) is 7.04. The van der Waals surface area contributed by atoms with Crippen LogP contribution >= 0.6 is 0 Å². The first-order chi connectivity index (χ1) is 22.1. The summed E-state index contributed by atoms with van der Waals surface area (Å²) >= 11 is 0. The van der Waals surface area contributed by atoms with Gasteiger partial charge in [-0.1, -0.05) is 131 Å². The van der Waals surface area contributed by atoms with Crippen LogP contribution in [0.3, 0.4) is 0 Å². The summed E-state index contributed by atoms with van der Waals surface area (Å²) in [6.45, 7) is 34.0. The maximum Gasteiger partial charge on any atom is 0.165 e. The van der Waals surface area contributed by atoms with E-state index >= 15 is 0 Å². The zero-order chi connectivity index (χ0) is 36.5. The average Bonchev–Trinajstić information content (AvgIpc) is 2.98. The van der Waals surface area contributed by atoms with Crippen molar-refractivity contribution in [3.63, 3.8) is 0 Å². The van der Waals surface area contributed by atoms with Crippen LogP contribution in [0.4, 0.5) is 0 Å². The Kier molecular flexibility index (Phi) is 13.9. The SMILES string of the molecule is CC(C)C(C)(C(=O)/C=C(\O)C(C)(C(C)C)C(C)C)C(C)C.Cc1cc(C)c2c(C)cc(-c3[c-]c4ccccc4c(C(C)(C)C)c3)nc2c1.[Ir]. The molecular formula is C45H62IrNO2-. The van der Waals surface area contributed by atoms with Crippen LogP contribution in [0.1, 0.15) is 112 Å². The summed E-state index contributed by atoms with van der Waals surface area (Å²) in [5.74, 6) is 1.27. The normalized spacial score (nSPS) is 12.9. The standard InChI is InChI=1S/C26H26N.C19H36O2.Ir/c1-16-11-17(2)25-18(3)13-23(27-24(25)12-16)20-14-19-9-7-8-10-21(19)22(15-20)26(4,5)6;1-12(2)18(9,13(3)4)16(20)11-17(21)19(10,14(5)6)15(7)8;/h7-13,15H,1-6H3;11-15,20H,1-10H3;/q-1;;/b;16-11-;. The number of rotatable bonds is 8. The van der Waals surface area contributed by atoms with E-state index in [-0.39, 0.29) is 66.1 Å². The Hall–Kier alpha value is -2.81. The number of aryl methyl sites for hydroxylation is 3. The van der Waals surface area contributed by atoms with Gasteiger partial charge in [0.05, 0.1) is 5.52 Å². The van der Waals surface area contributed by atoms with E-state index in [0.717, 1.165) is 22.2 Å². The number of fused-ring (bicyclic) bond motifs is 2. The quantitative estimate of drug-likeness (QED) is 0.109. The number of aliphatic hydroxyl groups is 1. The van der Waals surface area contributed by atoms with Crippen molar-refractivity contribution in [2.24, 2.45) is 34.5 Å². The largest absolute Gasteiger partial charge is 0.512 e. The third-order valence-electron chi connectivity index (χ3n) is 11.5. The minimum Gasteiger partial charge on any atom is -0.512 e. The first kappa shape index (κ1) is 42.4. The van der Waals surface area contributed by atoms with Crippen molar-refractivity contribution in [1.29, 1.82) is 0 Å². The van der Waals surface area contributed by atoms with E-state index < -0.39 is 5.41 Å². The van der Waals surface area contributed by atoms with Crippen LogP contribution in [0.25, 0.3) is 32.9 Å². The molecule has 0 unspecified atom stereocenters. The van der Waals surface area contributed by atoms with Crippen molar-refractivity contribution in [2.75, 3.05) is 0 Å². The number of nitrogens with zero attached hydrogens (tertiary/aromatic N) is 1. The number of aliphatic hydroxyl groups excluding tert-OH is 1. The number of hydrogen-bond acceptors (Lipinski definition) is 3. The zero-order valence-corrected chi connectivity index (χ0v) is 35.5. The van der Waals surface area contributed by atoms with Crippen molar-refractivity contribution in [2.45, 2.75) is 116 Å². The molecule has 0 amide bonds. The zero-order valence-electron chi connectivity index (χ0n) is 33.1. The predicted molar refractivity (Wildman–Crippen MR) is 208 cm³/mol. The molecule has 4 heteroatoms. The Labute approximate surface area is 311 Å². The van der Waals surface area contributed by atoms with Gasteiger partial charge in [-0.15, -0.1) is 29.1 Å². The van der Waals surface area contributed by atoms with Crippen LogP contribution in [0, 0.1) is 61.3 Å². The predicted octanol–water partition coefficient (Wildman–Crippen LogP) is 12.7. The molecular weight excluding hydrogens is 779 g/mol. The number of ketones is 1. The van der Waals surface area contributed by atoms with Gasteiger partial charge >= 0.3 is 0 Å². The van der Waals surface area contributed by atoms with Gasteiger partial charge in [-0.3, -0.25) is 9.78 Å². The molecule has 0 saturated heterocycles. The molecule has 3 aromatic carbocycles. The molecule has 49 heavy (non-hydrogen) atoms. The molecule has 1 N–H and O–H groups in total. The topological polar surface area (TPSA) is 50.2 Å². The fourth-order valence-corrected chi connectivity index (χ4v) is 7.04. The second kappa shape index (κ2) is 16.0. The number of hydrogen-bond donors (Lipinski definition) is 1. The number of aromatic nitrogens is 1.